The molecule has 0 unspecified atom stereocenters. The second-order valence-corrected chi connectivity index (χ2v) is 0.774. The molecule has 0 aromatic carbocycles. The van der Waals surface area contributed by atoms with Crippen molar-refractivity contribution in [3.8, 4) is 5.40 Å². The quantitative estimate of drug-likeness (QED) is 0.136. The van der Waals surface area contributed by atoms with Crippen LogP contribution in [0.25, 0.3) is 0 Å². The highest BCUT2D eigenvalue weighted by molar-refractivity contribution is 7.64. The standard InChI is InChI=1S/CH5N3.CHNS.H2O/c2-1(3)4;2-1-3;/h(H5,2,3,4);3H;1H2. The predicted octanol–water partition coefficient (Wildman–Crippen LogP) is -3.79. The molecule has 0 fully saturated rings. The Morgan fingerprint density at radius 1 is 1.62 bits per heavy atom. The van der Waals surface area contributed by atoms with Crippen LogP contribution in [0.4, 0.5) is 0 Å². The van der Waals surface area contributed by atoms with E-state index in [1.165, 1.54) is 5.40 Å². The summed E-state index contributed by atoms with van der Waals surface area (Å²) in [5.41, 5.74) is 9.17. The summed E-state index contributed by atoms with van der Waals surface area (Å²) in [5.74, 6) is -0.0833. The van der Waals surface area contributed by atoms with E-state index in [1.54, 1.807) is 0 Å². The fourth-order valence-corrected chi connectivity index (χ4v) is 0. The fraction of sp³-hybridized carbons (Fsp3) is 0. The summed E-state index contributed by atoms with van der Waals surface area (Å²) in [6.45, 7) is 0. The monoisotopic (exact) mass is 136 g/mol. The molecule has 8 N–H and O–H groups in total. The number of nitrogens with zero attached hydrogens (tertiary/aromatic N) is 1. The number of guanidine groups is 1. The molecule has 48 valence electrons. The van der Waals surface area contributed by atoms with E-state index in [2.05, 4.69) is 29.5 Å². The minimum Gasteiger partial charge on any atom is -0.696 e. The molecule has 0 atom stereocenters. The van der Waals surface area contributed by atoms with Crippen LogP contribution >= 0.6 is 0 Å². The lowest BCUT2D eigenvalue weighted by atomic mass is 11.1. The zero-order chi connectivity index (χ0) is 6.28. The van der Waals surface area contributed by atoms with E-state index in [0.717, 1.165) is 0 Å². The maximum atomic E-state index is 7.13. The van der Waals surface area contributed by atoms with Crippen LogP contribution < -0.4 is 16.9 Å². The lowest BCUT2D eigenvalue weighted by Gasteiger charge is -1.59. The number of rotatable bonds is 0. The van der Waals surface area contributed by atoms with E-state index in [4.69, 9.17) is 5.26 Å². The lowest BCUT2D eigenvalue weighted by Crippen LogP contribution is -2.51. The molecule has 0 aliphatic carbocycles. The molecule has 5 nitrogen and oxygen atoms in total. The first-order valence-electron chi connectivity index (χ1n) is 1.29. The molecule has 0 amide bonds. The third-order valence-electron chi connectivity index (χ3n) is 0. The van der Waals surface area contributed by atoms with Crippen molar-refractivity contribution in [2.45, 2.75) is 0 Å². The zero-order valence-corrected chi connectivity index (χ0v) is 4.90. The van der Waals surface area contributed by atoms with Gasteiger partial charge in [0.15, 0.2) is 0 Å². The van der Waals surface area contributed by atoms with E-state index in [-0.39, 0.29) is 11.4 Å². The molecule has 0 heterocycles. The highest BCUT2D eigenvalue weighted by Gasteiger charge is 1.64. The average Bonchev–Trinajstić information content (AvgIpc) is 1.33. The predicted molar refractivity (Wildman–Crippen MR) is 31.9 cm³/mol. The van der Waals surface area contributed by atoms with Gasteiger partial charge in [0, 0.05) is 0 Å². The second kappa shape index (κ2) is 16.8. The van der Waals surface area contributed by atoms with Crippen molar-refractivity contribution in [3.05, 3.63) is 0 Å². The number of hydrogen-bond donors (Lipinski definition) is 3. The summed E-state index contributed by atoms with van der Waals surface area (Å²) in [6.07, 6.45) is 0. The SMILES string of the molecule is N#C[S-].NC(N)=[NH2+].O. The van der Waals surface area contributed by atoms with E-state index >= 15 is 0 Å². The highest BCUT2D eigenvalue weighted by Crippen LogP contribution is 1.16. The summed E-state index contributed by atoms with van der Waals surface area (Å²) in [7, 11) is 0. The Hall–Kier alpha value is -1.06. The van der Waals surface area contributed by atoms with Gasteiger partial charge in [-0.1, -0.05) is 5.40 Å². The molecule has 0 saturated heterocycles. The van der Waals surface area contributed by atoms with Crippen LogP contribution in [0.1, 0.15) is 0 Å². The maximum absolute atomic E-state index is 7.13. The minimum absolute atomic E-state index is 0. The van der Waals surface area contributed by atoms with Gasteiger partial charge < -0.3 is 18.1 Å². The van der Waals surface area contributed by atoms with Crippen LogP contribution in [0.3, 0.4) is 0 Å². The van der Waals surface area contributed by atoms with Crippen molar-refractivity contribution in [2.24, 2.45) is 11.5 Å². The van der Waals surface area contributed by atoms with Gasteiger partial charge in [-0.25, -0.2) is 5.26 Å². The van der Waals surface area contributed by atoms with Gasteiger partial charge in [-0.3, -0.25) is 16.9 Å². The van der Waals surface area contributed by atoms with Crippen molar-refractivity contribution in [2.75, 3.05) is 0 Å². The van der Waals surface area contributed by atoms with Gasteiger partial charge in [0.1, 0.15) is 0 Å². The molecule has 0 radical (unpaired) electrons. The smallest absolute Gasteiger partial charge is 0.336 e. The van der Waals surface area contributed by atoms with Crippen molar-refractivity contribution in [1.29, 1.82) is 5.26 Å². The molecule has 0 aliphatic heterocycles. The number of hydrogen-bond acceptors (Lipinski definition) is 2. The van der Waals surface area contributed by atoms with Crippen LogP contribution in [0.2, 0.25) is 0 Å². The molecule has 0 bridgehead atoms. The van der Waals surface area contributed by atoms with E-state index in [9.17, 15) is 0 Å². The highest BCUT2D eigenvalue weighted by atomic mass is 32.1. The Balaban J connectivity index is -0.0000000575. The summed E-state index contributed by atoms with van der Waals surface area (Å²) in [6, 6.07) is 0. The van der Waals surface area contributed by atoms with Crippen molar-refractivity contribution >= 4 is 18.6 Å². The Morgan fingerprint density at radius 2 is 1.62 bits per heavy atom. The minimum atomic E-state index is -0.0833. The van der Waals surface area contributed by atoms with Gasteiger partial charge in [0.25, 0.3) is 0 Å². The van der Waals surface area contributed by atoms with Gasteiger partial charge in [-0.2, -0.15) is 0 Å². The lowest BCUT2D eigenvalue weighted by molar-refractivity contribution is -0.116. The third-order valence-corrected chi connectivity index (χ3v) is 0. The molecule has 0 aliphatic rings. The summed E-state index contributed by atoms with van der Waals surface area (Å²) in [5, 5.41) is 13.1. The first kappa shape index (κ1) is 15.8. The van der Waals surface area contributed by atoms with Crippen molar-refractivity contribution in [3.63, 3.8) is 0 Å². The van der Waals surface area contributed by atoms with Gasteiger partial charge in [-0.15, -0.1) is 0 Å². The molecule has 0 aromatic heterocycles. The number of thiocyanates is 1. The van der Waals surface area contributed by atoms with Crippen LogP contribution in [-0.2, 0) is 12.6 Å². The summed E-state index contributed by atoms with van der Waals surface area (Å²) in [4.78, 5) is 0. The molecule has 6 heteroatoms. The first-order chi connectivity index (χ1) is 3.15. The molecular weight excluding hydrogens is 128 g/mol. The van der Waals surface area contributed by atoms with Gasteiger partial charge in [0.05, 0.1) is 0 Å². The Kier molecular flexibility index (Phi) is 33.1. The topological polar surface area (TPSA) is 133 Å². The zero-order valence-electron chi connectivity index (χ0n) is 4.09. The average molecular weight is 136 g/mol. The van der Waals surface area contributed by atoms with Gasteiger partial charge >= 0.3 is 5.96 Å². The molecule has 0 spiro atoms. The van der Waals surface area contributed by atoms with Crippen LogP contribution in [0.5, 0.6) is 0 Å². The Bertz CT molecular complexity index is 82.5. The Labute approximate surface area is 52.5 Å². The van der Waals surface area contributed by atoms with Crippen molar-refractivity contribution < 1.29 is 10.9 Å². The van der Waals surface area contributed by atoms with E-state index in [1.807, 2.05) is 0 Å². The van der Waals surface area contributed by atoms with Gasteiger partial charge in [0.2, 0.25) is 0 Å². The normalized spacial score (nSPS) is 3.88. The second-order valence-electron chi connectivity index (χ2n) is 0.591. The maximum Gasteiger partial charge on any atom is 0.336 e. The molecule has 0 rings (SSSR count). The molecular formula is C2H8N4OS. The van der Waals surface area contributed by atoms with Crippen LogP contribution in [0.15, 0.2) is 0 Å². The summed E-state index contributed by atoms with van der Waals surface area (Å²) < 4.78 is 0. The molecule has 0 aromatic rings. The first-order valence-corrected chi connectivity index (χ1v) is 1.70. The Morgan fingerprint density at radius 3 is 1.62 bits per heavy atom. The van der Waals surface area contributed by atoms with E-state index < -0.39 is 0 Å². The van der Waals surface area contributed by atoms with Gasteiger partial charge in [-0.05, 0) is 0 Å². The number of nitrogens with two attached hydrogens (primary N) is 3. The van der Waals surface area contributed by atoms with Crippen LogP contribution in [-0.4, -0.2) is 11.4 Å². The van der Waals surface area contributed by atoms with Crippen LogP contribution in [0, 0.1) is 10.7 Å². The fourth-order valence-electron chi connectivity index (χ4n) is 0. The largest absolute Gasteiger partial charge is 0.696 e. The van der Waals surface area contributed by atoms with E-state index in [0.29, 0.717) is 0 Å². The molecule has 8 heavy (non-hydrogen) atoms. The molecule has 0 saturated carbocycles. The third kappa shape index (κ3) is 68.3. The van der Waals surface area contributed by atoms with Crippen molar-refractivity contribution in [1.82, 2.24) is 0 Å². The number of nitriles is 1. The summed E-state index contributed by atoms with van der Waals surface area (Å²) >= 11 is 3.70.